The van der Waals surface area contributed by atoms with E-state index in [0.29, 0.717) is 23.0 Å². The maximum Gasteiger partial charge on any atom is 0.316 e. The molecule has 1 aromatic carbocycles. The summed E-state index contributed by atoms with van der Waals surface area (Å²) in [7, 11) is 0.311. The van der Waals surface area contributed by atoms with Gasteiger partial charge in [0.2, 0.25) is 0 Å². The molecule has 0 atom stereocenters. The number of ether oxygens (including phenoxy) is 2. The predicted octanol–water partition coefficient (Wildman–Crippen LogP) is 3.15. The molecule has 0 fully saturated rings. The fraction of sp³-hybridized carbons (Fsp3) is 0.429. The third kappa shape index (κ3) is 5.04. The Morgan fingerprint density at radius 2 is 1.89 bits per heavy atom. The highest BCUT2D eigenvalue weighted by Crippen LogP contribution is 2.18. The molecule has 18 heavy (non-hydrogen) atoms. The minimum absolute atomic E-state index is 0.172. The van der Waals surface area contributed by atoms with Crippen LogP contribution in [0.2, 0.25) is 6.04 Å². The molecule has 0 bridgehead atoms. The molecule has 98 valence electrons. The molecule has 0 amide bonds. The Labute approximate surface area is 112 Å². The number of benzene rings is 1. The van der Waals surface area contributed by atoms with Crippen LogP contribution in [0.1, 0.15) is 19.4 Å². The van der Waals surface area contributed by atoms with Gasteiger partial charge in [-0.3, -0.25) is 0 Å². The van der Waals surface area contributed by atoms with E-state index in [2.05, 4.69) is 6.58 Å². The molecule has 0 aliphatic carbocycles. The van der Waals surface area contributed by atoms with E-state index < -0.39 is 0 Å². The van der Waals surface area contributed by atoms with Crippen molar-refractivity contribution in [1.29, 1.82) is 0 Å². The third-order valence-electron chi connectivity index (χ3n) is 2.28. The maximum atomic E-state index is 5.75. The van der Waals surface area contributed by atoms with Gasteiger partial charge in [0.15, 0.2) is 6.29 Å². The lowest BCUT2D eigenvalue weighted by molar-refractivity contribution is -0.123. The minimum atomic E-state index is -0.172. The van der Waals surface area contributed by atoms with Crippen molar-refractivity contribution < 1.29 is 13.9 Å². The van der Waals surface area contributed by atoms with Gasteiger partial charge in [0.25, 0.3) is 0 Å². The van der Waals surface area contributed by atoms with E-state index in [-0.39, 0.29) is 6.29 Å². The molecule has 0 aliphatic heterocycles. The molecular weight excluding hydrogens is 244 g/mol. The number of para-hydroxylation sites is 1. The smallest absolute Gasteiger partial charge is 0.316 e. The van der Waals surface area contributed by atoms with Crippen molar-refractivity contribution in [3.8, 4) is 5.75 Å². The first-order chi connectivity index (χ1) is 8.81. The first kappa shape index (κ1) is 15.0. The van der Waals surface area contributed by atoms with E-state index in [0.717, 1.165) is 17.4 Å². The summed E-state index contributed by atoms with van der Waals surface area (Å²) in [6, 6.07) is 8.59. The number of rotatable bonds is 9. The topological polar surface area (TPSA) is 27.7 Å². The van der Waals surface area contributed by atoms with Crippen LogP contribution >= 0.6 is 0 Å². The van der Waals surface area contributed by atoms with Crippen LogP contribution in [0.3, 0.4) is 0 Å². The minimum Gasteiger partial charge on any atom is -0.540 e. The zero-order valence-corrected chi connectivity index (χ0v) is 12.0. The molecule has 0 N–H and O–H groups in total. The first-order valence-electron chi connectivity index (χ1n) is 6.16. The van der Waals surface area contributed by atoms with Gasteiger partial charge in [-0.05, 0) is 19.9 Å². The largest absolute Gasteiger partial charge is 0.540 e. The average molecular weight is 264 g/mol. The molecule has 0 unspecified atom stereocenters. The van der Waals surface area contributed by atoms with Crippen LogP contribution in [0.25, 0.3) is 6.08 Å². The molecule has 2 radical (unpaired) electrons. The van der Waals surface area contributed by atoms with Gasteiger partial charge >= 0.3 is 9.76 Å². The van der Waals surface area contributed by atoms with Gasteiger partial charge in [0, 0.05) is 24.8 Å². The lowest BCUT2D eigenvalue weighted by Crippen LogP contribution is -2.21. The lowest BCUT2D eigenvalue weighted by atomic mass is 10.2. The van der Waals surface area contributed by atoms with Crippen molar-refractivity contribution in [3.63, 3.8) is 0 Å². The monoisotopic (exact) mass is 264 g/mol. The highest BCUT2D eigenvalue weighted by atomic mass is 28.2. The first-order valence-corrected chi connectivity index (χ1v) is 7.27. The molecule has 1 aromatic rings. The van der Waals surface area contributed by atoms with Crippen molar-refractivity contribution >= 4 is 15.8 Å². The Morgan fingerprint density at radius 1 is 1.22 bits per heavy atom. The Kier molecular flexibility index (Phi) is 7.40. The predicted molar refractivity (Wildman–Crippen MR) is 74.8 cm³/mol. The molecule has 3 nitrogen and oxygen atoms in total. The van der Waals surface area contributed by atoms with Gasteiger partial charge in [-0.25, -0.2) is 0 Å². The third-order valence-corrected chi connectivity index (χ3v) is 3.14. The van der Waals surface area contributed by atoms with Gasteiger partial charge in [0.1, 0.15) is 5.75 Å². The average Bonchev–Trinajstić information content (AvgIpc) is 2.40. The van der Waals surface area contributed by atoms with Gasteiger partial charge in [-0.1, -0.05) is 30.9 Å². The summed E-state index contributed by atoms with van der Waals surface area (Å²) in [5.41, 5.74) is 1.01. The fourth-order valence-electron chi connectivity index (χ4n) is 1.47. The quantitative estimate of drug-likeness (QED) is 0.506. The van der Waals surface area contributed by atoms with Crippen LogP contribution in [0.15, 0.2) is 30.8 Å². The van der Waals surface area contributed by atoms with E-state index in [1.165, 1.54) is 0 Å². The molecule has 0 aromatic heterocycles. The molecule has 0 heterocycles. The Morgan fingerprint density at radius 3 is 2.50 bits per heavy atom. The van der Waals surface area contributed by atoms with Crippen molar-refractivity contribution in [1.82, 2.24) is 0 Å². The van der Waals surface area contributed by atoms with Crippen molar-refractivity contribution in [2.45, 2.75) is 26.2 Å². The summed E-state index contributed by atoms with van der Waals surface area (Å²) in [6.45, 7) is 8.99. The van der Waals surface area contributed by atoms with Crippen LogP contribution in [-0.2, 0) is 9.47 Å². The molecule has 0 saturated heterocycles. The number of hydrogen-bond acceptors (Lipinski definition) is 3. The zero-order chi connectivity index (χ0) is 13.2. The van der Waals surface area contributed by atoms with Gasteiger partial charge < -0.3 is 13.9 Å². The summed E-state index contributed by atoms with van der Waals surface area (Å²) in [5.74, 6) is 0.859. The van der Waals surface area contributed by atoms with Crippen LogP contribution in [-0.4, -0.2) is 29.3 Å². The molecular formula is C14H20O3Si. The maximum absolute atomic E-state index is 5.75. The van der Waals surface area contributed by atoms with Crippen molar-refractivity contribution in [2.24, 2.45) is 0 Å². The van der Waals surface area contributed by atoms with E-state index in [9.17, 15) is 0 Å². The van der Waals surface area contributed by atoms with Crippen molar-refractivity contribution in [2.75, 3.05) is 13.2 Å². The Bertz CT molecular complexity index is 349. The fourth-order valence-corrected chi connectivity index (χ4v) is 2.26. The van der Waals surface area contributed by atoms with Crippen LogP contribution in [0.5, 0.6) is 5.75 Å². The summed E-state index contributed by atoms with van der Waals surface area (Å²) < 4.78 is 16.7. The van der Waals surface area contributed by atoms with Gasteiger partial charge in [-0.2, -0.15) is 0 Å². The highest BCUT2D eigenvalue weighted by Gasteiger charge is 2.10. The van der Waals surface area contributed by atoms with E-state index in [4.69, 9.17) is 13.9 Å². The van der Waals surface area contributed by atoms with E-state index >= 15 is 0 Å². The molecule has 0 spiro atoms. The second-order valence-electron chi connectivity index (χ2n) is 3.53. The highest BCUT2D eigenvalue weighted by molar-refractivity contribution is 6.28. The Balaban J connectivity index is 2.41. The summed E-state index contributed by atoms with van der Waals surface area (Å²) >= 11 is 0. The number of hydrogen-bond donors (Lipinski definition) is 0. The normalized spacial score (nSPS) is 10.6. The molecule has 1 rings (SSSR count). The second kappa shape index (κ2) is 8.91. The van der Waals surface area contributed by atoms with Gasteiger partial charge in [-0.15, -0.1) is 0 Å². The molecule has 0 saturated carbocycles. The van der Waals surface area contributed by atoms with E-state index in [1.54, 1.807) is 6.08 Å². The standard InChI is InChI=1S/C14H20O3Si/c1-4-12-9-7-8-10-13(12)17-18-11-14(15-5-2)16-6-3/h4,7-10,14H,1,5-6,11H2,2-3H3. The second-order valence-corrected chi connectivity index (χ2v) is 4.43. The van der Waals surface area contributed by atoms with E-state index in [1.807, 2.05) is 38.1 Å². The molecule has 0 aliphatic rings. The van der Waals surface area contributed by atoms with Crippen LogP contribution in [0, 0.1) is 0 Å². The summed E-state index contributed by atoms with van der Waals surface area (Å²) in [5, 5.41) is 0. The van der Waals surface area contributed by atoms with Crippen LogP contribution in [0.4, 0.5) is 0 Å². The lowest BCUT2D eigenvalue weighted by Gasteiger charge is -2.16. The SMILES string of the molecule is C=Cc1ccccc1O[Si]CC(OCC)OCC. The molecule has 4 heteroatoms. The summed E-state index contributed by atoms with van der Waals surface area (Å²) in [6.07, 6.45) is 1.62. The zero-order valence-electron chi connectivity index (χ0n) is 11.0. The van der Waals surface area contributed by atoms with Crippen LogP contribution < -0.4 is 4.43 Å². The Hall–Kier alpha value is -1.10. The van der Waals surface area contributed by atoms with Crippen molar-refractivity contribution in [3.05, 3.63) is 36.4 Å². The summed E-state index contributed by atoms with van der Waals surface area (Å²) in [4.78, 5) is 0. The van der Waals surface area contributed by atoms with Gasteiger partial charge in [0.05, 0.1) is 0 Å².